The Morgan fingerprint density at radius 1 is 1.08 bits per heavy atom. The van der Waals surface area contributed by atoms with Crippen molar-refractivity contribution in [2.45, 2.75) is 44.0 Å². The number of rotatable bonds is 6. The number of carbonyl (C=O) groups is 2. The molecule has 142 valence electrons. The molecule has 2 rings (SSSR count). The van der Waals surface area contributed by atoms with Gasteiger partial charge in [0.1, 0.15) is 6.61 Å². The number of hydrogen-bond donors (Lipinski definition) is 0. The van der Waals surface area contributed by atoms with Gasteiger partial charge in [0.2, 0.25) is 0 Å². The van der Waals surface area contributed by atoms with E-state index in [4.69, 9.17) is 18.4 Å². The fourth-order valence-electron chi connectivity index (χ4n) is 2.32. The van der Waals surface area contributed by atoms with Crippen LogP contribution in [-0.2, 0) is 38.1 Å². The van der Waals surface area contributed by atoms with Gasteiger partial charge in [0.15, 0.2) is 18.3 Å². The summed E-state index contributed by atoms with van der Waals surface area (Å²) in [6.07, 6.45) is -0.246. The maximum absolute atomic E-state index is 12.3. The molecule has 1 aromatic rings. The Labute approximate surface area is 151 Å². The second kappa shape index (κ2) is 8.33. The van der Waals surface area contributed by atoms with E-state index in [0.717, 1.165) is 5.56 Å². The van der Waals surface area contributed by atoms with Crippen LogP contribution in [0.2, 0.25) is 0 Å². The monoisotopic (exact) mass is 384 g/mol. The van der Waals surface area contributed by atoms with E-state index in [2.05, 4.69) is 0 Å². The summed E-state index contributed by atoms with van der Waals surface area (Å²) in [7, 11) is -4.02. The molecule has 0 aromatic heterocycles. The van der Waals surface area contributed by atoms with Crippen LogP contribution >= 0.6 is 0 Å². The predicted molar refractivity (Wildman–Crippen MR) is 89.4 cm³/mol. The third kappa shape index (κ3) is 5.30. The maximum Gasteiger partial charge on any atom is 0.303 e. The number of aryl methyl sites for hydroxylation is 1. The lowest BCUT2D eigenvalue weighted by atomic mass is 10.1. The molecule has 1 aromatic carbocycles. The topological polar surface area (TPSA) is 105 Å². The molecule has 0 saturated carbocycles. The Morgan fingerprint density at radius 3 is 2.27 bits per heavy atom. The molecule has 0 N–H and O–H groups in total. The third-order valence-corrected chi connectivity index (χ3v) is 4.81. The number of ether oxygens (including phenoxy) is 3. The molecule has 1 heterocycles. The van der Waals surface area contributed by atoms with E-state index in [1.54, 1.807) is 12.1 Å². The molecule has 0 spiro atoms. The molecule has 9 heteroatoms. The Bertz CT molecular complexity index is 781. The van der Waals surface area contributed by atoms with Crippen LogP contribution in [0.25, 0.3) is 0 Å². The van der Waals surface area contributed by atoms with Gasteiger partial charge in [0.25, 0.3) is 10.1 Å². The summed E-state index contributed by atoms with van der Waals surface area (Å²) in [5.74, 6) is -1.21. The summed E-state index contributed by atoms with van der Waals surface area (Å²) in [6, 6.07) is 6.15. The van der Waals surface area contributed by atoms with Gasteiger partial charge in [0.05, 0.1) is 11.2 Å². The summed E-state index contributed by atoms with van der Waals surface area (Å²) in [6.45, 7) is 3.81. The summed E-state index contributed by atoms with van der Waals surface area (Å²) in [5.41, 5.74) is 0.906. The molecule has 0 unspecified atom stereocenters. The van der Waals surface area contributed by atoms with Crippen LogP contribution in [0.5, 0.6) is 0 Å². The molecule has 1 aliphatic rings. The minimum atomic E-state index is -4.02. The van der Waals surface area contributed by atoms with E-state index in [0.29, 0.717) is 0 Å². The minimum Gasteiger partial charge on any atom is -0.492 e. The molecule has 1 aliphatic heterocycles. The van der Waals surface area contributed by atoms with Gasteiger partial charge in [0, 0.05) is 13.8 Å². The molecule has 0 fully saturated rings. The van der Waals surface area contributed by atoms with Crippen molar-refractivity contribution in [2.24, 2.45) is 0 Å². The summed E-state index contributed by atoms with van der Waals surface area (Å²) >= 11 is 0. The molecular weight excluding hydrogens is 364 g/mol. The van der Waals surface area contributed by atoms with Crippen LogP contribution in [0.4, 0.5) is 0 Å². The van der Waals surface area contributed by atoms with E-state index in [1.165, 1.54) is 38.3 Å². The van der Waals surface area contributed by atoms with Crippen LogP contribution in [-0.4, -0.2) is 45.3 Å². The van der Waals surface area contributed by atoms with Gasteiger partial charge in [-0.05, 0) is 25.1 Å². The molecule has 0 saturated heterocycles. The highest BCUT2D eigenvalue weighted by atomic mass is 32.2. The molecule has 0 bridgehead atoms. The van der Waals surface area contributed by atoms with Gasteiger partial charge in [-0.15, -0.1) is 0 Å². The molecule has 26 heavy (non-hydrogen) atoms. The Balaban J connectivity index is 2.12. The van der Waals surface area contributed by atoms with Crippen molar-refractivity contribution in [1.29, 1.82) is 0 Å². The first-order chi connectivity index (χ1) is 12.2. The fraction of sp³-hybridized carbons (Fsp3) is 0.412. The lowest BCUT2D eigenvalue weighted by molar-refractivity contribution is -0.175. The first kappa shape index (κ1) is 19.9. The number of hydrogen-bond acceptors (Lipinski definition) is 8. The van der Waals surface area contributed by atoms with Crippen LogP contribution in [0.1, 0.15) is 19.4 Å². The Morgan fingerprint density at radius 2 is 1.69 bits per heavy atom. The Kier molecular flexibility index (Phi) is 6.38. The molecular formula is C17H20O8S. The lowest BCUT2D eigenvalue weighted by Gasteiger charge is -2.33. The van der Waals surface area contributed by atoms with E-state index in [9.17, 15) is 18.0 Å². The van der Waals surface area contributed by atoms with Gasteiger partial charge in [-0.2, -0.15) is 8.42 Å². The molecule has 8 nitrogen and oxygen atoms in total. The van der Waals surface area contributed by atoms with Crippen LogP contribution in [0, 0.1) is 6.92 Å². The number of esters is 2. The van der Waals surface area contributed by atoms with Gasteiger partial charge >= 0.3 is 11.9 Å². The zero-order valence-electron chi connectivity index (χ0n) is 14.6. The van der Waals surface area contributed by atoms with Crippen molar-refractivity contribution < 1.29 is 36.4 Å². The number of benzene rings is 1. The number of carbonyl (C=O) groups excluding carboxylic acids is 2. The van der Waals surface area contributed by atoms with Crippen molar-refractivity contribution in [1.82, 2.24) is 0 Å². The van der Waals surface area contributed by atoms with Crippen molar-refractivity contribution in [3.05, 3.63) is 42.2 Å². The first-order valence-electron chi connectivity index (χ1n) is 7.82. The van der Waals surface area contributed by atoms with E-state index in [-0.39, 0.29) is 4.90 Å². The van der Waals surface area contributed by atoms with Gasteiger partial charge in [-0.1, -0.05) is 17.7 Å². The highest BCUT2D eigenvalue weighted by Crippen LogP contribution is 2.22. The van der Waals surface area contributed by atoms with Gasteiger partial charge in [-0.3, -0.25) is 13.8 Å². The molecule has 0 radical (unpaired) electrons. The highest BCUT2D eigenvalue weighted by molar-refractivity contribution is 7.86. The van der Waals surface area contributed by atoms with Crippen molar-refractivity contribution in [2.75, 3.05) is 6.61 Å². The molecule has 0 aliphatic carbocycles. The summed E-state index contributed by atoms with van der Waals surface area (Å²) < 4.78 is 45.1. The zero-order chi connectivity index (χ0) is 19.3. The van der Waals surface area contributed by atoms with Crippen molar-refractivity contribution in [3.63, 3.8) is 0 Å². The summed E-state index contributed by atoms with van der Waals surface area (Å²) in [5, 5.41) is 0. The molecule has 0 amide bonds. The van der Waals surface area contributed by atoms with Gasteiger partial charge in [-0.25, -0.2) is 0 Å². The average molecular weight is 384 g/mol. The second-order valence-corrected chi connectivity index (χ2v) is 7.32. The third-order valence-electron chi connectivity index (χ3n) is 3.51. The first-order valence-corrected chi connectivity index (χ1v) is 9.22. The normalized spacial score (nSPS) is 22.3. The van der Waals surface area contributed by atoms with E-state index >= 15 is 0 Å². The highest BCUT2D eigenvalue weighted by Gasteiger charge is 2.38. The van der Waals surface area contributed by atoms with Crippen molar-refractivity contribution in [3.8, 4) is 0 Å². The van der Waals surface area contributed by atoms with Crippen LogP contribution in [0.3, 0.4) is 0 Å². The van der Waals surface area contributed by atoms with Crippen LogP contribution in [0.15, 0.2) is 41.5 Å². The molecule has 3 atom stereocenters. The van der Waals surface area contributed by atoms with E-state index in [1.807, 2.05) is 6.92 Å². The van der Waals surface area contributed by atoms with Crippen LogP contribution < -0.4 is 0 Å². The predicted octanol–water partition coefficient (Wildman–Crippen LogP) is 1.48. The largest absolute Gasteiger partial charge is 0.492 e. The second-order valence-electron chi connectivity index (χ2n) is 5.70. The SMILES string of the molecule is CC(=O)O[C@@H]1[C@H](OC(C)=O)C=CO[C@@H]1COS(=O)(=O)c1ccc(C)cc1. The maximum atomic E-state index is 12.3. The standard InChI is InChI=1S/C17H20O8S/c1-11-4-6-14(7-5-11)26(20,21)23-10-16-17(25-13(3)19)15(8-9-22-16)24-12(2)18/h4-9,15-17H,10H2,1-3H3/t15-,16-,17-/m1/s1. The Hall–Kier alpha value is -2.39. The fourth-order valence-corrected chi connectivity index (χ4v) is 3.24. The lowest BCUT2D eigenvalue weighted by Crippen LogP contribution is -2.47. The van der Waals surface area contributed by atoms with E-state index < -0.39 is 47.0 Å². The smallest absolute Gasteiger partial charge is 0.303 e. The quantitative estimate of drug-likeness (QED) is 0.536. The van der Waals surface area contributed by atoms with Crippen molar-refractivity contribution >= 4 is 22.1 Å². The minimum absolute atomic E-state index is 0.00461. The summed E-state index contributed by atoms with van der Waals surface area (Å²) in [4.78, 5) is 22.6. The zero-order valence-corrected chi connectivity index (χ0v) is 15.4. The van der Waals surface area contributed by atoms with Gasteiger partial charge < -0.3 is 14.2 Å². The average Bonchev–Trinajstić information content (AvgIpc) is 2.55.